The Kier molecular flexibility index (Phi) is 64.3. The van der Waals surface area contributed by atoms with E-state index in [1.807, 2.05) is 0 Å². The summed E-state index contributed by atoms with van der Waals surface area (Å²) in [6.07, 6.45) is 51.5. The molecule has 0 aromatic carbocycles. The van der Waals surface area contributed by atoms with Crippen LogP contribution >= 0.6 is 15.6 Å². The Morgan fingerprint density at radius 3 is 0.809 bits per heavy atom. The normalized spacial score (nSPS) is 14.4. The highest BCUT2D eigenvalue weighted by Gasteiger charge is 2.30. The molecule has 17 nitrogen and oxygen atoms in total. The van der Waals surface area contributed by atoms with E-state index in [2.05, 4.69) is 48.5 Å². The topological polar surface area (TPSA) is 237 Å². The first kappa shape index (κ1) is 92.1. The van der Waals surface area contributed by atoms with Crippen LogP contribution in [0.15, 0.2) is 0 Å². The molecule has 0 aliphatic rings. The second-order valence-corrected chi connectivity index (χ2v) is 31.1. The molecule has 0 rings (SSSR count). The number of unbranched alkanes of at least 4 members (excludes halogenated alkanes) is 40. The number of carbonyl (C=O) groups is 4. The van der Waals surface area contributed by atoms with E-state index in [9.17, 15) is 43.2 Å². The Hall–Kier alpha value is -1.94. The summed E-state index contributed by atoms with van der Waals surface area (Å²) >= 11 is 0. The summed E-state index contributed by atoms with van der Waals surface area (Å²) in [5.74, 6) is 0.147. The summed E-state index contributed by atoms with van der Waals surface area (Å²) in [4.78, 5) is 72.7. The lowest BCUT2D eigenvalue weighted by Gasteiger charge is -2.21. The number of phosphoric acid groups is 2. The van der Waals surface area contributed by atoms with Crippen molar-refractivity contribution in [1.82, 2.24) is 0 Å². The van der Waals surface area contributed by atoms with Crippen LogP contribution in [0.3, 0.4) is 0 Å². The molecule has 0 spiro atoms. The lowest BCUT2D eigenvalue weighted by atomic mass is 10.00. The molecule has 558 valence electrons. The van der Waals surface area contributed by atoms with Gasteiger partial charge >= 0.3 is 39.5 Å². The second-order valence-electron chi connectivity index (χ2n) is 28.2. The van der Waals surface area contributed by atoms with Crippen LogP contribution in [0.2, 0.25) is 0 Å². The van der Waals surface area contributed by atoms with Crippen LogP contribution in [0.1, 0.15) is 382 Å². The minimum Gasteiger partial charge on any atom is -0.462 e. The molecule has 19 heteroatoms. The number of aliphatic hydroxyl groups is 1. The highest BCUT2D eigenvalue weighted by Crippen LogP contribution is 2.45. The van der Waals surface area contributed by atoms with Crippen molar-refractivity contribution in [2.45, 2.75) is 401 Å². The maximum absolute atomic E-state index is 13.1. The predicted octanol–water partition coefficient (Wildman–Crippen LogP) is 21.8. The predicted molar refractivity (Wildman–Crippen MR) is 381 cm³/mol. The quantitative estimate of drug-likeness (QED) is 0.0222. The zero-order valence-electron chi connectivity index (χ0n) is 61.4. The molecule has 0 fully saturated rings. The molecule has 94 heavy (non-hydrogen) atoms. The zero-order valence-corrected chi connectivity index (χ0v) is 63.2. The van der Waals surface area contributed by atoms with Gasteiger partial charge in [0.25, 0.3) is 0 Å². The van der Waals surface area contributed by atoms with Crippen LogP contribution < -0.4 is 0 Å². The monoisotopic (exact) mass is 1380 g/mol. The minimum atomic E-state index is -4.96. The van der Waals surface area contributed by atoms with E-state index < -0.39 is 97.5 Å². The van der Waals surface area contributed by atoms with Crippen molar-refractivity contribution < 1.29 is 80.2 Å². The molecule has 3 N–H and O–H groups in total. The van der Waals surface area contributed by atoms with E-state index in [0.29, 0.717) is 25.7 Å². The maximum atomic E-state index is 13.1. The Morgan fingerprint density at radius 2 is 0.543 bits per heavy atom. The van der Waals surface area contributed by atoms with E-state index in [1.54, 1.807) is 0 Å². The number of rotatable bonds is 73. The molecule has 0 aliphatic heterocycles. The maximum Gasteiger partial charge on any atom is 0.472 e. The lowest BCUT2D eigenvalue weighted by Crippen LogP contribution is -2.30. The van der Waals surface area contributed by atoms with Crippen LogP contribution in [-0.4, -0.2) is 96.7 Å². The summed E-state index contributed by atoms with van der Waals surface area (Å²) in [5.41, 5.74) is 0. The van der Waals surface area contributed by atoms with E-state index >= 15 is 0 Å². The van der Waals surface area contributed by atoms with Crippen molar-refractivity contribution in [3.05, 3.63) is 0 Å². The highest BCUT2D eigenvalue weighted by atomic mass is 31.2. The number of ether oxygens (including phenoxy) is 4. The molecule has 0 amide bonds. The van der Waals surface area contributed by atoms with Crippen molar-refractivity contribution in [2.24, 2.45) is 17.8 Å². The van der Waals surface area contributed by atoms with Gasteiger partial charge in [-0.05, 0) is 43.4 Å². The second kappa shape index (κ2) is 65.7. The van der Waals surface area contributed by atoms with E-state index in [-0.39, 0.29) is 25.7 Å². The third kappa shape index (κ3) is 67.3. The third-order valence-electron chi connectivity index (χ3n) is 17.7. The summed E-state index contributed by atoms with van der Waals surface area (Å²) in [5, 5.41) is 10.6. The van der Waals surface area contributed by atoms with Gasteiger partial charge in [-0.15, -0.1) is 0 Å². The molecule has 0 aromatic rings. The number of hydrogen-bond acceptors (Lipinski definition) is 15. The minimum absolute atomic E-state index is 0.104. The summed E-state index contributed by atoms with van der Waals surface area (Å²) in [6, 6.07) is 0. The van der Waals surface area contributed by atoms with Gasteiger partial charge < -0.3 is 33.8 Å². The van der Waals surface area contributed by atoms with Crippen molar-refractivity contribution in [3.8, 4) is 0 Å². The lowest BCUT2D eigenvalue weighted by molar-refractivity contribution is -0.161. The first-order valence-electron chi connectivity index (χ1n) is 38.9. The first-order chi connectivity index (χ1) is 45.3. The van der Waals surface area contributed by atoms with Gasteiger partial charge in [-0.2, -0.15) is 0 Å². The number of aliphatic hydroxyl groups excluding tert-OH is 1. The molecular weight excluding hydrogens is 1230 g/mol. The van der Waals surface area contributed by atoms with Crippen molar-refractivity contribution in [2.75, 3.05) is 39.6 Å². The SMILES string of the molecule is CCCCCCCCCCCCCCC(=O)OC[C@H](COP(=O)(O)OC[C@@H](O)COP(=O)(O)OC[C@@H](COC(=O)CCCCCCCCC(C)CC)OC(=O)CCCCCCCCCCC(C)C)OC(=O)CCCCCCCCCCCCCCCCCCCCC(C)C. The van der Waals surface area contributed by atoms with Gasteiger partial charge in [0.2, 0.25) is 0 Å². The van der Waals surface area contributed by atoms with Crippen LogP contribution in [-0.2, 0) is 65.4 Å². The van der Waals surface area contributed by atoms with Gasteiger partial charge in [0.1, 0.15) is 19.3 Å². The Balaban J connectivity index is 5.19. The zero-order chi connectivity index (χ0) is 69.4. The van der Waals surface area contributed by atoms with Crippen LogP contribution in [0, 0.1) is 17.8 Å². The molecule has 6 atom stereocenters. The Labute approximate surface area is 575 Å². The Morgan fingerprint density at radius 1 is 0.309 bits per heavy atom. The fourth-order valence-electron chi connectivity index (χ4n) is 11.4. The highest BCUT2D eigenvalue weighted by molar-refractivity contribution is 7.47. The van der Waals surface area contributed by atoms with Crippen molar-refractivity contribution in [1.29, 1.82) is 0 Å². The molecule has 0 saturated heterocycles. The standard InChI is InChI=1S/C75H146O17P2/c1-8-10-11-12-13-14-15-25-28-34-42-49-56-72(77)85-62-70(91-74(79)58-51-44-35-29-26-23-21-19-17-16-18-20-22-24-27-32-39-46-53-66(3)4)64-89-93(81,82)87-60-69(76)61-88-94(83,84)90-65-71(63-86-73(78)57-50-43-38-37-41-48-55-68(7)9-2)92-75(80)59-52-45-36-31-30-33-40-47-54-67(5)6/h66-71,76H,8-65H2,1-7H3,(H,81,82)(H,83,84)/t68?,69-,70-,71-/m1/s1. The summed E-state index contributed by atoms with van der Waals surface area (Å²) in [6.45, 7) is 11.8. The average molecular weight is 1380 g/mol. The van der Waals surface area contributed by atoms with E-state index in [0.717, 1.165) is 114 Å². The molecule has 0 aromatic heterocycles. The fourth-order valence-corrected chi connectivity index (χ4v) is 13.0. The molecule has 0 aliphatic carbocycles. The summed E-state index contributed by atoms with van der Waals surface area (Å²) < 4.78 is 68.4. The molecule has 0 saturated carbocycles. The number of esters is 4. The Bertz CT molecular complexity index is 1840. The number of phosphoric ester groups is 2. The van der Waals surface area contributed by atoms with Gasteiger partial charge in [0, 0.05) is 25.7 Å². The fraction of sp³-hybridized carbons (Fsp3) is 0.947. The molecule has 0 radical (unpaired) electrons. The van der Waals surface area contributed by atoms with Crippen molar-refractivity contribution in [3.63, 3.8) is 0 Å². The largest absolute Gasteiger partial charge is 0.472 e. The first-order valence-corrected chi connectivity index (χ1v) is 41.9. The van der Waals surface area contributed by atoms with E-state index in [4.69, 9.17) is 37.0 Å². The summed E-state index contributed by atoms with van der Waals surface area (Å²) in [7, 11) is -9.91. The van der Waals surface area contributed by atoms with Crippen LogP contribution in [0.5, 0.6) is 0 Å². The molecular formula is C75H146O17P2. The average Bonchev–Trinajstić information content (AvgIpc) is 3.28. The number of hydrogen-bond donors (Lipinski definition) is 3. The third-order valence-corrected chi connectivity index (χ3v) is 19.6. The molecule has 0 heterocycles. The van der Waals surface area contributed by atoms with Gasteiger partial charge in [0.15, 0.2) is 12.2 Å². The van der Waals surface area contributed by atoms with Gasteiger partial charge in [-0.25, -0.2) is 9.13 Å². The van der Waals surface area contributed by atoms with Crippen LogP contribution in [0.4, 0.5) is 0 Å². The van der Waals surface area contributed by atoms with Gasteiger partial charge in [-0.1, -0.05) is 331 Å². The van der Waals surface area contributed by atoms with Crippen LogP contribution in [0.25, 0.3) is 0 Å². The smallest absolute Gasteiger partial charge is 0.462 e. The molecule has 0 bridgehead atoms. The van der Waals surface area contributed by atoms with Gasteiger partial charge in [-0.3, -0.25) is 37.3 Å². The van der Waals surface area contributed by atoms with Crippen molar-refractivity contribution >= 4 is 39.5 Å². The molecule has 3 unspecified atom stereocenters. The van der Waals surface area contributed by atoms with Gasteiger partial charge in [0.05, 0.1) is 26.4 Å². The number of carbonyl (C=O) groups excluding carboxylic acids is 4. The van der Waals surface area contributed by atoms with E-state index in [1.165, 1.54) is 186 Å².